The number of rotatable bonds is 6. The minimum Gasteiger partial charge on any atom is -0.465 e. The van der Waals surface area contributed by atoms with Gasteiger partial charge < -0.3 is 18.9 Å². The van der Waals surface area contributed by atoms with Gasteiger partial charge in [-0.1, -0.05) is 6.07 Å². The van der Waals surface area contributed by atoms with Crippen molar-refractivity contribution >= 4 is 22.0 Å². The zero-order valence-corrected chi connectivity index (χ0v) is 16.8. The number of ether oxygens (including phenoxy) is 4. The van der Waals surface area contributed by atoms with Crippen LogP contribution < -0.4 is 9.47 Å². The molecule has 0 bridgehead atoms. The summed E-state index contributed by atoms with van der Waals surface area (Å²) in [5.41, 5.74) is 0.522. The van der Waals surface area contributed by atoms with Crippen molar-refractivity contribution in [1.29, 1.82) is 0 Å². The summed E-state index contributed by atoms with van der Waals surface area (Å²) in [6, 6.07) is 8.65. The molecule has 1 heterocycles. The van der Waals surface area contributed by atoms with Gasteiger partial charge in [0, 0.05) is 13.6 Å². The lowest BCUT2D eigenvalue weighted by Gasteiger charge is -2.18. The predicted octanol–water partition coefficient (Wildman–Crippen LogP) is 1.81. The molecule has 0 aliphatic carbocycles. The van der Waals surface area contributed by atoms with Gasteiger partial charge in [-0.2, -0.15) is 4.31 Å². The maximum absolute atomic E-state index is 13.1. The Labute approximate surface area is 167 Å². The first-order valence-corrected chi connectivity index (χ1v) is 9.87. The minimum absolute atomic E-state index is 0.0367. The van der Waals surface area contributed by atoms with Gasteiger partial charge in [-0.05, 0) is 35.9 Å². The Morgan fingerprint density at radius 3 is 2.14 bits per heavy atom. The van der Waals surface area contributed by atoms with Crippen LogP contribution in [-0.2, 0) is 26.0 Å². The lowest BCUT2D eigenvalue weighted by Crippen LogP contribution is -2.27. The first kappa shape index (κ1) is 20.6. The molecule has 2 aromatic rings. The first-order valence-electron chi connectivity index (χ1n) is 8.43. The molecule has 2 aromatic carbocycles. The molecule has 1 aliphatic heterocycles. The highest BCUT2D eigenvalue weighted by atomic mass is 32.2. The van der Waals surface area contributed by atoms with E-state index in [4.69, 9.17) is 9.47 Å². The summed E-state index contributed by atoms with van der Waals surface area (Å²) in [6.07, 6.45) is 0. The van der Waals surface area contributed by atoms with E-state index >= 15 is 0 Å². The Morgan fingerprint density at radius 2 is 1.55 bits per heavy atom. The molecule has 0 aromatic heterocycles. The van der Waals surface area contributed by atoms with Gasteiger partial charge in [0.2, 0.25) is 16.8 Å². The number of hydrogen-bond acceptors (Lipinski definition) is 8. The Balaban J connectivity index is 1.94. The number of methoxy groups -OCH3 is 2. The van der Waals surface area contributed by atoms with Crippen molar-refractivity contribution in [3.8, 4) is 11.5 Å². The second-order valence-electron chi connectivity index (χ2n) is 6.18. The van der Waals surface area contributed by atoms with Crippen molar-refractivity contribution in [3.63, 3.8) is 0 Å². The normalized spacial score (nSPS) is 12.7. The molecule has 0 radical (unpaired) electrons. The number of hydrogen-bond donors (Lipinski definition) is 0. The van der Waals surface area contributed by atoms with E-state index in [9.17, 15) is 18.0 Å². The molecule has 29 heavy (non-hydrogen) atoms. The summed E-state index contributed by atoms with van der Waals surface area (Å²) in [5.74, 6) is -0.419. The fourth-order valence-electron chi connectivity index (χ4n) is 2.78. The Hall–Kier alpha value is -3.11. The molecule has 0 saturated carbocycles. The quantitative estimate of drug-likeness (QED) is 0.650. The van der Waals surface area contributed by atoms with E-state index in [0.717, 1.165) is 30.7 Å². The highest BCUT2D eigenvalue weighted by Crippen LogP contribution is 2.33. The molecule has 0 atom stereocenters. The summed E-state index contributed by atoms with van der Waals surface area (Å²) in [6.45, 7) is 0.151. The van der Waals surface area contributed by atoms with Crippen LogP contribution in [0.5, 0.6) is 11.5 Å². The van der Waals surface area contributed by atoms with Crippen molar-refractivity contribution in [1.82, 2.24) is 4.31 Å². The fourth-order valence-corrected chi connectivity index (χ4v) is 4.01. The zero-order valence-electron chi connectivity index (χ0n) is 16.0. The third kappa shape index (κ3) is 4.17. The number of fused-ring (bicyclic) bond motifs is 1. The van der Waals surface area contributed by atoms with Crippen LogP contribution in [0.15, 0.2) is 41.3 Å². The number of carbonyl (C=O) groups excluding carboxylic acids is 2. The standard InChI is InChI=1S/C19H19NO8S/c1-20(10-12-4-5-16-17(6-12)28-11-27-16)29(23,24)15-8-13(18(21)25-2)7-14(9-15)19(22)26-3/h4-9H,10-11H2,1-3H3. The average Bonchev–Trinajstić information content (AvgIpc) is 3.19. The van der Waals surface area contributed by atoms with Crippen LogP contribution in [0.4, 0.5) is 0 Å². The van der Waals surface area contributed by atoms with E-state index in [1.54, 1.807) is 18.2 Å². The third-order valence-electron chi connectivity index (χ3n) is 4.30. The molecule has 0 unspecified atom stereocenters. The van der Waals surface area contributed by atoms with Crippen LogP contribution in [0.3, 0.4) is 0 Å². The number of carbonyl (C=O) groups is 2. The lowest BCUT2D eigenvalue weighted by molar-refractivity contribution is 0.0598. The van der Waals surface area contributed by atoms with Gasteiger partial charge in [0.05, 0.1) is 30.2 Å². The molecule has 0 N–H and O–H groups in total. The summed E-state index contributed by atoms with van der Waals surface area (Å²) < 4.78 is 47.1. The maximum Gasteiger partial charge on any atom is 0.337 e. The Kier molecular flexibility index (Phi) is 5.76. The van der Waals surface area contributed by atoms with Crippen molar-refractivity contribution in [2.45, 2.75) is 11.4 Å². The van der Waals surface area contributed by atoms with Crippen LogP contribution >= 0.6 is 0 Å². The largest absolute Gasteiger partial charge is 0.465 e. The Morgan fingerprint density at radius 1 is 0.966 bits per heavy atom. The molecule has 0 spiro atoms. The smallest absolute Gasteiger partial charge is 0.337 e. The van der Waals surface area contributed by atoms with Gasteiger partial charge in [0.15, 0.2) is 11.5 Å². The van der Waals surface area contributed by atoms with E-state index < -0.39 is 22.0 Å². The Bertz CT molecular complexity index is 1030. The second-order valence-corrected chi connectivity index (χ2v) is 8.22. The van der Waals surface area contributed by atoms with Crippen LogP contribution in [0, 0.1) is 0 Å². The van der Waals surface area contributed by atoms with E-state index in [1.165, 1.54) is 13.1 Å². The van der Waals surface area contributed by atoms with Crippen LogP contribution in [0.25, 0.3) is 0 Å². The highest BCUT2D eigenvalue weighted by molar-refractivity contribution is 7.89. The summed E-state index contributed by atoms with van der Waals surface area (Å²) >= 11 is 0. The van der Waals surface area contributed by atoms with Gasteiger partial charge in [0.1, 0.15) is 0 Å². The summed E-state index contributed by atoms with van der Waals surface area (Å²) in [7, 11) is -0.323. The third-order valence-corrected chi connectivity index (χ3v) is 6.08. The van der Waals surface area contributed by atoms with Crippen molar-refractivity contribution in [2.24, 2.45) is 0 Å². The molecule has 3 rings (SSSR count). The van der Waals surface area contributed by atoms with Crippen LogP contribution in [0.1, 0.15) is 26.3 Å². The van der Waals surface area contributed by atoms with Crippen molar-refractivity contribution < 1.29 is 37.0 Å². The van der Waals surface area contributed by atoms with Gasteiger partial charge in [-0.25, -0.2) is 18.0 Å². The van der Waals surface area contributed by atoms with Crippen molar-refractivity contribution in [2.75, 3.05) is 28.1 Å². The average molecular weight is 421 g/mol. The van der Waals surface area contributed by atoms with E-state index in [1.807, 2.05) is 0 Å². The highest BCUT2D eigenvalue weighted by Gasteiger charge is 2.25. The molecule has 0 amide bonds. The van der Waals surface area contributed by atoms with E-state index in [0.29, 0.717) is 17.1 Å². The second kappa shape index (κ2) is 8.10. The molecule has 0 saturated heterocycles. The topological polar surface area (TPSA) is 108 Å². The fraction of sp³-hybridized carbons (Fsp3) is 0.263. The maximum atomic E-state index is 13.1. The van der Waals surface area contributed by atoms with Crippen LogP contribution in [0.2, 0.25) is 0 Å². The number of sulfonamides is 1. The van der Waals surface area contributed by atoms with Gasteiger partial charge in [0.25, 0.3) is 0 Å². The zero-order chi connectivity index (χ0) is 21.2. The summed E-state index contributed by atoms with van der Waals surface area (Å²) in [5, 5.41) is 0. The SMILES string of the molecule is COC(=O)c1cc(C(=O)OC)cc(S(=O)(=O)N(C)Cc2ccc3c(c2)OCO3)c1. The number of nitrogens with zero attached hydrogens (tertiary/aromatic N) is 1. The predicted molar refractivity (Wildman–Crippen MR) is 100 cm³/mol. The minimum atomic E-state index is -4.03. The first-order chi connectivity index (χ1) is 13.8. The molecule has 9 nitrogen and oxygen atoms in total. The lowest BCUT2D eigenvalue weighted by atomic mass is 10.1. The van der Waals surface area contributed by atoms with Gasteiger partial charge in [-0.15, -0.1) is 0 Å². The molecule has 0 fully saturated rings. The van der Waals surface area contributed by atoms with Gasteiger partial charge >= 0.3 is 11.9 Å². The summed E-state index contributed by atoms with van der Waals surface area (Å²) in [4.78, 5) is 23.6. The van der Waals surface area contributed by atoms with E-state index in [2.05, 4.69) is 9.47 Å². The van der Waals surface area contributed by atoms with Crippen molar-refractivity contribution in [3.05, 3.63) is 53.1 Å². The molecule has 10 heteroatoms. The number of esters is 2. The monoisotopic (exact) mass is 421 g/mol. The molecule has 1 aliphatic rings. The molecule has 154 valence electrons. The van der Waals surface area contributed by atoms with Gasteiger partial charge in [-0.3, -0.25) is 0 Å². The molecular weight excluding hydrogens is 402 g/mol. The number of benzene rings is 2. The molecular formula is C19H19NO8S. The van der Waals surface area contributed by atoms with Crippen LogP contribution in [-0.4, -0.2) is 52.7 Å². The van der Waals surface area contributed by atoms with E-state index in [-0.39, 0.29) is 29.4 Å².